The van der Waals surface area contributed by atoms with Crippen molar-refractivity contribution in [3.8, 4) is 0 Å². The van der Waals surface area contributed by atoms with Gasteiger partial charge in [-0.25, -0.2) is 8.42 Å². The molecular formula is C15H28N4O2S. The third-order valence-electron chi connectivity index (χ3n) is 4.77. The van der Waals surface area contributed by atoms with Crippen molar-refractivity contribution >= 4 is 9.84 Å². The second-order valence-corrected chi connectivity index (χ2v) is 9.63. The van der Waals surface area contributed by atoms with Crippen molar-refractivity contribution in [1.82, 2.24) is 20.0 Å². The van der Waals surface area contributed by atoms with Crippen LogP contribution in [-0.4, -0.2) is 60.8 Å². The summed E-state index contributed by atoms with van der Waals surface area (Å²) in [7, 11) is 1.22. The summed E-state index contributed by atoms with van der Waals surface area (Å²) in [4.78, 5) is 2.19. The molecule has 1 aliphatic rings. The molecular weight excluding hydrogens is 300 g/mol. The van der Waals surface area contributed by atoms with Gasteiger partial charge in [0.2, 0.25) is 0 Å². The molecule has 0 aromatic carbocycles. The third kappa shape index (κ3) is 3.88. The standard InChI is InChI=1S/C15H28N4O2S/c1-14(2,18(4)5)11-16-8-13-9-17-19(10-13)15(3)6-7-22(20,21)12-15/h9-10,16H,6-8,11-12H2,1-5H3/t15-/m1/s1. The molecule has 1 aromatic heterocycles. The fraction of sp³-hybridized carbons (Fsp3) is 0.800. The lowest BCUT2D eigenvalue weighted by molar-refractivity contribution is 0.189. The van der Waals surface area contributed by atoms with Crippen LogP contribution in [-0.2, 0) is 21.9 Å². The molecule has 0 unspecified atom stereocenters. The van der Waals surface area contributed by atoms with E-state index < -0.39 is 15.4 Å². The fourth-order valence-electron chi connectivity index (χ4n) is 2.59. The summed E-state index contributed by atoms with van der Waals surface area (Å²) in [5.41, 5.74) is 0.765. The largest absolute Gasteiger partial charge is 0.311 e. The zero-order valence-corrected chi connectivity index (χ0v) is 15.1. The van der Waals surface area contributed by atoms with Crippen molar-refractivity contribution in [3.63, 3.8) is 0 Å². The molecule has 0 aliphatic carbocycles. The van der Waals surface area contributed by atoms with Crippen LogP contribution in [0.2, 0.25) is 0 Å². The van der Waals surface area contributed by atoms with Gasteiger partial charge < -0.3 is 10.2 Å². The second-order valence-electron chi connectivity index (χ2n) is 7.44. The number of hydrogen-bond donors (Lipinski definition) is 1. The molecule has 1 aromatic rings. The number of rotatable bonds is 6. The van der Waals surface area contributed by atoms with Crippen LogP contribution in [0.4, 0.5) is 0 Å². The Labute approximate surface area is 133 Å². The van der Waals surface area contributed by atoms with Crippen molar-refractivity contribution in [1.29, 1.82) is 0 Å². The first kappa shape index (κ1) is 17.4. The topological polar surface area (TPSA) is 67.2 Å². The van der Waals surface area contributed by atoms with E-state index in [0.29, 0.717) is 6.42 Å². The van der Waals surface area contributed by atoms with Gasteiger partial charge in [0.25, 0.3) is 0 Å². The molecule has 1 atom stereocenters. The Balaban J connectivity index is 1.95. The first-order valence-corrected chi connectivity index (χ1v) is 9.49. The van der Waals surface area contributed by atoms with Crippen LogP contribution in [0.25, 0.3) is 0 Å². The van der Waals surface area contributed by atoms with Crippen molar-refractivity contribution in [2.75, 3.05) is 32.1 Å². The molecule has 0 radical (unpaired) electrons. The van der Waals surface area contributed by atoms with E-state index in [1.54, 1.807) is 0 Å². The minimum Gasteiger partial charge on any atom is -0.311 e. The van der Waals surface area contributed by atoms with Gasteiger partial charge in [0, 0.05) is 30.4 Å². The SMILES string of the molecule is CN(C)C(C)(C)CNCc1cnn([C@]2(C)CCS(=O)(=O)C2)c1. The zero-order chi connectivity index (χ0) is 16.6. The lowest BCUT2D eigenvalue weighted by Crippen LogP contribution is -2.46. The highest BCUT2D eigenvalue weighted by Crippen LogP contribution is 2.30. The predicted octanol–water partition coefficient (Wildman–Crippen LogP) is 0.847. The monoisotopic (exact) mass is 328 g/mol. The fourth-order valence-corrected chi connectivity index (χ4v) is 4.71. The minimum atomic E-state index is -2.92. The van der Waals surface area contributed by atoms with Gasteiger partial charge in [0.05, 0.1) is 23.2 Å². The van der Waals surface area contributed by atoms with E-state index in [2.05, 4.69) is 43.3 Å². The quantitative estimate of drug-likeness (QED) is 0.838. The molecule has 0 amide bonds. The minimum absolute atomic E-state index is 0.0848. The van der Waals surface area contributed by atoms with Crippen LogP contribution in [0.1, 0.15) is 32.8 Å². The van der Waals surface area contributed by atoms with E-state index >= 15 is 0 Å². The smallest absolute Gasteiger partial charge is 0.152 e. The molecule has 126 valence electrons. The van der Waals surface area contributed by atoms with Crippen molar-refractivity contribution in [3.05, 3.63) is 18.0 Å². The third-order valence-corrected chi connectivity index (χ3v) is 6.66. The van der Waals surface area contributed by atoms with Gasteiger partial charge in [-0.2, -0.15) is 5.10 Å². The average molecular weight is 328 g/mol. The molecule has 2 heterocycles. The Kier molecular flexibility index (Phi) is 4.71. The summed E-state index contributed by atoms with van der Waals surface area (Å²) in [6, 6.07) is 0. The number of nitrogens with one attached hydrogen (secondary N) is 1. The Hall–Kier alpha value is -0.920. The highest BCUT2D eigenvalue weighted by molar-refractivity contribution is 7.91. The second kappa shape index (κ2) is 5.94. The molecule has 1 fully saturated rings. The maximum absolute atomic E-state index is 11.7. The molecule has 7 heteroatoms. The number of sulfone groups is 1. The van der Waals surface area contributed by atoms with E-state index in [0.717, 1.165) is 18.7 Å². The summed E-state index contributed by atoms with van der Waals surface area (Å²) in [5.74, 6) is 0.441. The summed E-state index contributed by atoms with van der Waals surface area (Å²) in [6.07, 6.45) is 4.43. The molecule has 22 heavy (non-hydrogen) atoms. The summed E-state index contributed by atoms with van der Waals surface area (Å²) in [5, 5.41) is 7.83. The molecule has 0 spiro atoms. The van der Waals surface area contributed by atoms with E-state index in [-0.39, 0.29) is 17.0 Å². The Morgan fingerprint density at radius 3 is 2.68 bits per heavy atom. The van der Waals surface area contributed by atoms with Crippen LogP contribution in [0.3, 0.4) is 0 Å². The van der Waals surface area contributed by atoms with Gasteiger partial charge in [-0.15, -0.1) is 0 Å². The highest BCUT2D eigenvalue weighted by Gasteiger charge is 2.40. The Bertz CT molecular complexity index is 621. The van der Waals surface area contributed by atoms with Crippen LogP contribution in [0.15, 0.2) is 12.4 Å². The Morgan fingerprint density at radius 1 is 1.45 bits per heavy atom. The summed E-state index contributed by atoms with van der Waals surface area (Å²) in [6.45, 7) is 7.95. The van der Waals surface area contributed by atoms with Crippen LogP contribution < -0.4 is 5.32 Å². The van der Waals surface area contributed by atoms with E-state index in [9.17, 15) is 8.42 Å². The number of likely N-dealkylation sites (N-methyl/N-ethyl adjacent to an activating group) is 1. The number of hydrogen-bond acceptors (Lipinski definition) is 5. The van der Waals surface area contributed by atoms with Crippen molar-refractivity contribution < 1.29 is 8.42 Å². The maximum atomic E-state index is 11.7. The molecule has 0 bridgehead atoms. The molecule has 1 saturated heterocycles. The van der Waals surface area contributed by atoms with E-state index in [1.807, 2.05) is 24.0 Å². The van der Waals surface area contributed by atoms with Gasteiger partial charge in [0.1, 0.15) is 0 Å². The van der Waals surface area contributed by atoms with Crippen LogP contribution in [0, 0.1) is 0 Å². The van der Waals surface area contributed by atoms with E-state index in [1.165, 1.54) is 0 Å². The summed E-state index contributed by atoms with van der Waals surface area (Å²) < 4.78 is 25.3. The molecule has 1 N–H and O–H groups in total. The van der Waals surface area contributed by atoms with Gasteiger partial charge >= 0.3 is 0 Å². The normalized spacial score (nSPS) is 25.0. The first-order chi connectivity index (χ1) is 10.0. The number of aromatic nitrogens is 2. The molecule has 1 aliphatic heterocycles. The predicted molar refractivity (Wildman–Crippen MR) is 88.6 cm³/mol. The lowest BCUT2D eigenvalue weighted by atomic mass is 10.0. The van der Waals surface area contributed by atoms with Gasteiger partial charge in [0.15, 0.2) is 9.84 Å². The summed E-state index contributed by atoms with van der Waals surface area (Å²) >= 11 is 0. The molecule has 0 saturated carbocycles. The van der Waals surface area contributed by atoms with Crippen molar-refractivity contribution in [2.45, 2.75) is 44.8 Å². The van der Waals surface area contributed by atoms with E-state index in [4.69, 9.17) is 0 Å². The zero-order valence-electron chi connectivity index (χ0n) is 14.3. The van der Waals surface area contributed by atoms with Gasteiger partial charge in [-0.3, -0.25) is 4.68 Å². The molecule has 2 rings (SSSR count). The average Bonchev–Trinajstić information content (AvgIpc) is 2.95. The molecule has 6 nitrogen and oxygen atoms in total. The Morgan fingerprint density at radius 2 is 2.14 bits per heavy atom. The van der Waals surface area contributed by atoms with Gasteiger partial charge in [-0.1, -0.05) is 0 Å². The van der Waals surface area contributed by atoms with Crippen LogP contribution in [0.5, 0.6) is 0 Å². The highest BCUT2D eigenvalue weighted by atomic mass is 32.2. The van der Waals surface area contributed by atoms with Crippen molar-refractivity contribution in [2.24, 2.45) is 0 Å². The maximum Gasteiger partial charge on any atom is 0.152 e. The van der Waals surface area contributed by atoms with Crippen LogP contribution >= 0.6 is 0 Å². The van der Waals surface area contributed by atoms with Gasteiger partial charge in [-0.05, 0) is 41.3 Å². The lowest BCUT2D eigenvalue weighted by Gasteiger charge is -2.32. The number of nitrogens with zero attached hydrogens (tertiary/aromatic N) is 3. The first-order valence-electron chi connectivity index (χ1n) is 7.67.